The van der Waals surface area contributed by atoms with Gasteiger partial charge in [-0.2, -0.15) is 0 Å². The van der Waals surface area contributed by atoms with E-state index in [0.717, 1.165) is 40.8 Å². The van der Waals surface area contributed by atoms with Crippen LogP contribution in [0.15, 0.2) is 60.0 Å². The summed E-state index contributed by atoms with van der Waals surface area (Å²) in [5.41, 5.74) is 2.01. The van der Waals surface area contributed by atoms with Gasteiger partial charge in [-0.15, -0.1) is 11.3 Å². The summed E-state index contributed by atoms with van der Waals surface area (Å²) < 4.78 is 1.13. The Labute approximate surface area is 181 Å². The summed E-state index contributed by atoms with van der Waals surface area (Å²) in [4.78, 5) is 31.2. The number of Topliss-reactive ketones (excluding diaryl/α,β-unsaturated/α-hetero) is 1. The summed E-state index contributed by atoms with van der Waals surface area (Å²) in [6.45, 7) is 3.50. The second-order valence-corrected chi connectivity index (χ2v) is 9.24. The van der Waals surface area contributed by atoms with Crippen LogP contribution in [0.4, 0.5) is 0 Å². The highest BCUT2D eigenvalue weighted by Crippen LogP contribution is 2.36. The van der Waals surface area contributed by atoms with Gasteiger partial charge in [0.15, 0.2) is 5.78 Å². The second-order valence-electron chi connectivity index (χ2n) is 8.29. The Balaban J connectivity index is 1.51. The number of amides is 1. The molecule has 0 spiro atoms. The van der Waals surface area contributed by atoms with Crippen molar-refractivity contribution in [3.05, 3.63) is 71.1 Å². The summed E-state index contributed by atoms with van der Waals surface area (Å²) in [6.07, 6.45) is 2.85. The van der Waals surface area contributed by atoms with Crippen LogP contribution in [0.3, 0.4) is 0 Å². The number of piperidine rings is 1. The third-order valence-corrected chi connectivity index (χ3v) is 7.36. The number of benzene rings is 2. The first kappa shape index (κ1) is 19.5. The van der Waals surface area contributed by atoms with E-state index in [1.807, 2.05) is 46.7 Å². The minimum atomic E-state index is -0.693. The maximum atomic E-state index is 13.8. The fourth-order valence-corrected chi connectivity index (χ4v) is 5.76. The molecule has 1 amide bonds. The molecule has 4 nitrogen and oxygen atoms in total. The minimum Gasteiger partial charge on any atom is -0.333 e. The number of fused-ring (bicyclic) bond motifs is 1. The van der Waals surface area contributed by atoms with E-state index in [2.05, 4.69) is 23.1 Å². The lowest BCUT2D eigenvalue weighted by Gasteiger charge is -2.39. The van der Waals surface area contributed by atoms with E-state index in [0.29, 0.717) is 13.0 Å². The maximum Gasteiger partial charge on any atom is 0.238 e. The lowest BCUT2D eigenvalue weighted by Crippen LogP contribution is -2.49. The quantitative estimate of drug-likeness (QED) is 0.568. The number of hydrogen-bond acceptors (Lipinski definition) is 4. The molecule has 1 aromatic heterocycles. The monoisotopic (exact) mass is 418 g/mol. The molecule has 30 heavy (non-hydrogen) atoms. The SMILES string of the molecule is O=C1CCN([C@H](CN2CCCC2)c2ccccc2)C(=O)C1c1cccc2sccc12. The maximum absolute atomic E-state index is 13.8. The molecule has 1 unspecified atom stereocenters. The first-order valence-corrected chi connectivity index (χ1v) is 11.7. The molecule has 2 aliphatic heterocycles. The Kier molecular flexibility index (Phi) is 5.40. The van der Waals surface area contributed by atoms with Gasteiger partial charge in [-0.25, -0.2) is 0 Å². The number of thiophene rings is 1. The highest BCUT2D eigenvalue weighted by molar-refractivity contribution is 7.17. The molecular formula is C25H26N2O2S. The average Bonchev–Trinajstić information content (AvgIpc) is 3.45. The van der Waals surface area contributed by atoms with Crippen LogP contribution in [0.5, 0.6) is 0 Å². The lowest BCUT2D eigenvalue weighted by atomic mass is 9.85. The van der Waals surface area contributed by atoms with Crippen LogP contribution < -0.4 is 0 Å². The smallest absolute Gasteiger partial charge is 0.238 e. The van der Waals surface area contributed by atoms with E-state index in [4.69, 9.17) is 0 Å². The molecule has 2 saturated heterocycles. The van der Waals surface area contributed by atoms with Gasteiger partial charge in [0.25, 0.3) is 0 Å². The minimum absolute atomic E-state index is 0.0194. The number of rotatable bonds is 5. The van der Waals surface area contributed by atoms with Crippen LogP contribution in [0.2, 0.25) is 0 Å². The summed E-state index contributed by atoms with van der Waals surface area (Å²) in [5.74, 6) is -0.692. The summed E-state index contributed by atoms with van der Waals surface area (Å²) >= 11 is 1.65. The van der Waals surface area contributed by atoms with Crippen molar-refractivity contribution in [3.63, 3.8) is 0 Å². The number of nitrogens with zero attached hydrogens (tertiary/aromatic N) is 2. The third kappa shape index (κ3) is 3.57. The summed E-state index contributed by atoms with van der Waals surface area (Å²) in [5, 5.41) is 3.07. The van der Waals surface area contributed by atoms with E-state index in [1.54, 1.807) is 11.3 Å². The highest BCUT2D eigenvalue weighted by atomic mass is 32.1. The van der Waals surface area contributed by atoms with Crippen LogP contribution in [-0.4, -0.2) is 47.7 Å². The van der Waals surface area contributed by atoms with Gasteiger partial charge >= 0.3 is 0 Å². The number of carbonyl (C=O) groups excluding carboxylic acids is 2. The largest absolute Gasteiger partial charge is 0.333 e. The zero-order valence-corrected chi connectivity index (χ0v) is 17.8. The fourth-order valence-electron chi connectivity index (χ4n) is 4.94. The van der Waals surface area contributed by atoms with Crippen LogP contribution in [0.1, 0.15) is 42.3 Å². The topological polar surface area (TPSA) is 40.6 Å². The number of hydrogen-bond donors (Lipinski definition) is 0. The molecule has 2 fully saturated rings. The normalized spacial score (nSPS) is 21.5. The molecule has 2 aliphatic rings. The van der Waals surface area contributed by atoms with Crippen molar-refractivity contribution in [2.45, 2.75) is 31.2 Å². The Bertz CT molecular complexity index is 1060. The molecule has 0 radical (unpaired) electrons. The molecule has 0 aliphatic carbocycles. The zero-order chi connectivity index (χ0) is 20.5. The molecule has 2 aromatic carbocycles. The third-order valence-electron chi connectivity index (χ3n) is 6.48. The molecule has 154 valence electrons. The molecule has 0 bridgehead atoms. The molecule has 3 heterocycles. The van der Waals surface area contributed by atoms with Gasteiger partial charge < -0.3 is 9.80 Å². The van der Waals surface area contributed by atoms with Gasteiger partial charge in [0.05, 0.1) is 6.04 Å². The molecule has 5 rings (SSSR count). The van der Waals surface area contributed by atoms with E-state index < -0.39 is 5.92 Å². The first-order valence-electron chi connectivity index (χ1n) is 10.8. The predicted molar refractivity (Wildman–Crippen MR) is 121 cm³/mol. The molecular weight excluding hydrogens is 392 g/mol. The summed E-state index contributed by atoms with van der Waals surface area (Å²) in [6, 6.07) is 18.3. The molecule has 0 saturated carbocycles. The second kappa shape index (κ2) is 8.32. The number of carbonyl (C=O) groups is 2. The molecule has 0 N–H and O–H groups in total. The van der Waals surface area contributed by atoms with Crippen LogP contribution in [0, 0.1) is 0 Å². The molecule has 2 atom stereocenters. The Morgan fingerprint density at radius 1 is 0.933 bits per heavy atom. The number of ketones is 1. The van der Waals surface area contributed by atoms with Gasteiger partial charge in [0.2, 0.25) is 5.91 Å². The first-order chi connectivity index (χ1) is 14.7. The van der Waals surface area contributed by atoms with E-state index in [1.165, 1.54) is 12.8 Å². The van der Waals surface area contributed by atoms with E-state index in [-0.39, 0.29) is 17.7 Å². The van der Waals surface area contributed by atoms with Crippen molar-refractivity contribution < 1.29 is 9.59 Å². The van der Waals surface area contributed by atoms with Crippen LogP contribution in [0.25, 0.3) is 10.1 Å². The van der Waals surface area contributed by atoms with Crippen molar-refractivity contribution in [3.8, 4) is 0 Å². The van der Waals surface area contributed by atoms with Crippen molar-refractivity contribution in [2.24, 2.45) is 0 Å². The lowest BCUT2D eigenvalue weighted by molar-refractivity contribution is -0.144. The van der Waals surface area contributed by atoms with Crippen LogP contribution in [-0.2, 0) is 9.59 Å². The zero-order valence-electron chi connectivity index (χ0n) is 17.0. The van der Waals surface area contributed by atoms with Gasteiger partial charge in [0, 0.05) is 24.2 Å². The molecule has 5 heteroatoms. The fraction of sp³-hybridized carbons (Fsp3) is 0.360. The van der Waals surface area contributed by atoms with Crippen molar-refractivity contribution in [2.75, 3.05) is 26.2 Å². The van der Waals surface area contributed by atoms with Gasteiger partial charge in [0.1, 0.15) is 5.92 Å². The standard InChI is InChI=1S/C25H26N2O2S/c28-22-11-15-27(21(17-26-13-4-5-14-26)18-7-2-1-3-8-18)25(29)24(22)20-9-6-10-23-19(20)12-16-30-23/h1-3,6-10,12,16,21,24H,4-5,11,13-15,17H2/t21-,24?/m1/s1. The van der Waals surface area contributed by atoms with Crippen molar-refractivity contribution >= 4 is 33.1 Å². The van der Waals surface area contributed by atoms with Crippen molar-refractivity contribution in [1.29, 1.82) is 0 Å². The van der Waals surface area contributed by atoms with Crippen molar-refractivity contribution in [1.82, 2.24) is 9.80 Å². The van der Waals surface area contributed by atoms with Crippen LogP contribution >= 0.6 is 11.3 Å². The Morgan fingerprint density at radius 2 is 1.73 bits per heavy atom. The Hall–Kier alpha value is -2.50. The Morgan fingerprint density at radius 3 is 2.53 bits per heavy atom. The number of likely N-dealkylation sites (tertiary alicyclic amines) is 2. The summed E-state index contributed by atoms with van der Waals surface area (Å²) in [7, 11) is 0. The van der Waals surface area contributed by atoms with Gasteiger partial charge in [-0.1, -0.05) is 42.5 Å². The van der Waals surface area contributed by atoms with E-state index in [9.17, 15) is 9.59 Å². The highest BCUT2D eigenvalue weighted by Gasteiger charge is 2.41. The predicted octanol–water partition coefficient (Wildman–Crippen LogP) is 4.62. The molecule has 3 aromatic rings. The average molecular weight is 419 g/mol. The van der Waals surface area contributed by atoms with Gasteiger partial charge in [-0.3, -0.25) is 9.59 Å². The van der Waals surface area contributed by atoms with E-state index >= 15 is 0 Å². The van der Waals surface area contributed by atoms with Gasteiger partial charge in [-0.05, 0) is 60.0 Å².